The summed E-state index contributed by atoms with van der Waals surface area (Å²) in [4.78, 5) is 3.01. The third kappa shape index (κ3) is 2.69. The number of anilines is 2. The number of para-hydroxylation sites is 1. The number of fused-ring (bicyclic) bond motifs is 1. The maximum absolute atomic E-state index is 5.13. The number of thiocarbonyl (C=S) groups is 1. The molecule has 0 fully saturated rings. The molecule has 0 saturated heterocycles. The molecule has 2 nitrogen and oxygen atoms in total. The van der Waals surface area contributed by atoms with E-state index < -0.39 is 0 Å². The van der Waals surface area contributed by atoms with E-state index in [4.69, 9.17) is 12.2 Å². The lowest BCUT2D eigenvalue weighted by molar-refractivity contribution is 1.05. The zero-order valence-corrected chi connectivity index (χ0v) is 11.6. The predicted octanol–water partition coefficient (Wildman–Crippen LogP) is 3.66. The van der Waals surface area contributed by atoms with E-state index in [1.165, 1.54) is 5.69 Å². The summed E-state index contributed by atoms with van der Waals surface area (Å²) in [6.07, 6.45) is 0. The van der Waals surface area contributed by atoms with Crippen LogP contribution in [-0.4, -0.2) is 18.6 Å². The third-order valence-electron chi connectivity index (χ3n) is 2.02. The molecule has 0 bridgehead atoms. The quantitative estimate of drug-likeness (QED) is 0.733. The van der Waals surface area contributed by atoms with Crippen LogP contribution in [0.15, 0.2) is 22.7 Å². The van der Waals surface area contributed by atoms with Crippen LogP contribution < -0.4 is 10.2 Å². The highest BCUT2D eigenvalue weighted by Gasteiger charge is 2.18. The van der Waals surface area contributed by atoms with Crippen LogP contribution in [0.5, 0.6) is 0 Å². The Morgan fingerprint density at radius 2 is 2.07 bits per heavy atom. The summed E-state index contributed by atoms with van der Waals surface area (Å²) < 4.78 is 1.10. The summed E-state index contributed by atoms with van der Waals surface area (Å²) in [5.41, 5.74) is 2.25. The molecule has 82 valence electrons. The average Bonchev–Trinajstić information content (AvgIpc) is 2.19. The smallest absolute Gasteiger partial charge is 0.0994 e. The molecule has 0 amide bonds. The van der Waals surface area contributed by atoms with Gasteiger partial charge in [-0.2, -0.15) is 0 Å². The molecule has 0 saturated carbocycles. The standard InChI is InChI=1S/C9H9BrN2S.C2H6/c1-12-5-8(13)11-7-4-2-3-6(10)9(7)12;1-2/h2-4H,5H2,1H3,(H,11,13);1-2H3. The van der Waals surface area contributed by atoms with Crippen molar-refractivity contribution in [3.05, 3.63) is 22.7 Å². The minimum absolute atomic E-state index is 0.783. The molecular formula is C11H15BrN2S. The molecule has 0 aromatic heterocycles. The number of hydrogen-bond acceptors (Lipinski definition) is 2. The van der Waals surface area contributed by atoms with Crippen molar-refractivity contribution in [1.82, 2.24) is 0 Å². The van der Waals surface area contributed by atoms with Gasteiger partial charge in [-0.25, -0.2) is 0 Å². The second kappa shape index (κ2) is 5.47. The monoisotopic (exact) mass is 286 g/mol. The Hall–Kier alpha value is -0.610. The molecule has 0 atom stereocenters. The molecule has 1 aliphatic heterocycles. The first-order chi connectivity index (χ1) is 7.18. The van der Waals surface area contributed by atoms with Crippen molar-refractivity contribution >= 4 is 44.5 Å². The Morgan fingerprint density at radius 3 is 2.73 bits per heavy atom. The molecule has 2 rings (SSSR count). The average molecular weight is 287 g/mol. The van der Waals surface area contributed by atoms with Crippen LogP contribution in [0.3, 0.4) is 0 Å². The SMILES string of the molecule is CC.CN1CC(=S)Nc2cccc(Br)c21. The molecule has 0 unspecified atom stereocenters. The van der Waals surface area contributed by atoms with E-state index in [1.54, 1.807) is 0 Å². The van der Waals surface area contributed by atoms with E-state index in [0.717, 1.165) is 21.7 Å². The van der Waals surface area contributed by atoms with Crippen LogP contribution >= 0.6 is 28.1 Å². The highest BCUT2D eigenvalue weighted by molar-refractivity contribution is 9.10. The molecular weight excluding hydrogens is 272 g/mol. The van der Waals surface area contributed by atoms with Gasteiger partial charge < -0.3 is 10.2 Å². The minimum Gasteiger partial charge on any atom is -0.365 e. The lowest BCUT2D eigenvalue weighted by Crippen LogP contribution is -2.34. The van der Waals surface area contributed by atoms with Gasteiger partial charge >= 0.3 is 0 Å². The highest BCUT2D eigenvalue weighted by atomic mass is 79.9. The van der Waals surface area contributed by atoms with Crippen LogP contribution in [0.2, 0.25) is 0 Å². The highest BCUT2D eigenvalue weighted by Crippen LogP contribution is 2.35. The Kier molecular flexibility index (Phi) is 4.54. The summed E-state index contributed by atoms with van der Waals surface area (Å²) in [5.74, 6) is 0. The second-order valence-electron chi connectivity index (χ2n) is 3.04. The van der Waals surface area contributed by atoms with Crippen molar-refractivity contribution in [1.29, 1.82) is 0 Å². The molecule has 0 aliphatic carbocycles. The van der Waals surface area contributed by atoms with Crippen LogP contribution in [0, 0.1) is 0 Å². The Balaban J connectivity index is 0.000000531. The van der Waals surface area contributed by atoms with Gasteiger partial charge in [0.25, 0.3) is 0 Å². The largest absolute Gasteiger partial charge is 0.365 e. The maximum atomic E-state index is 5.13. The van der Waals surface area contributed by atoms with Gasteiger partial charge in [-0.3, -0.25) is 0 Å². The number of likely N-dealkylation sites (N-methyl/N-ethyl adjacent to an activating group) is 1. The van der Waals surface area contributed by atoms with Crippen LogP contribution in [-0.2, 0) is 0 Å². The number of nitrogens with zero attached hydrogens (tertiary/aromatic N) is 1. The summed E-state index contributed by atoms with van der Waals surface area (Å²) in [6, 6.07) is 6.06. The Morgan fingerprint density at radius 1 is 1.40 bits per heavy atom. The van der Waals surface area contributed by atoms with E-state index in [2.05, 4.69) is 26.1 Å². The van der Waals surface area contributed by atoms with Gasteiger partial charge in [-0.1, -0.05) is 32.1 Å². The van der Waals surface area contributed by atoms with Gasteiger partial charge in [-0.05, 0) is 28.1 Å². The number of rotatable bonds is 0. The van der Waals surface area contributed by atoms with E-state index in [1.807, 2.05) is 39.1 Å². The summed E-state index contributed by atoms with van der Waals surface area (Å²) >= 11 is 8.65. The van der Waals surface area contributed by atoms with Crippen LogP contribution in [0.1, 0.15) is 13.8 Å². The summed E-state index contributed by atoms with van der Waals surface area (Å²) in [5, 5.41) is 3.19. The van der Waals surface area contributed by atoms with E-state index >= 15 is 0 Å². The molecule has 4 heteroatoms. The lowest BCUT2D eigenvalue weighted by atomic mass is 10.2. The fourth-order valence-electron chi connectivity index (χ4n) is 1.49. The van der Waals surface area contributed by atoms with Gasteiger partial charge in [0, 0.05) is 11.5 Å². The number of halogens is 1. The maximum Gasteiger partial charge on any atom is 0.0994 e. The van der Waals surface area contributed by atoms with E-state index in [-0.39, 0.29) is 0 Å². The van der Waals surface area contributed by atoms with Crippen molar-refractivity contribution < 1.29 is 0 Å². The summed E-state index contributed by atoms with van der Waals surface area (Å²) in [7, 11) is 2.04. The van der Waals surface area contributed by atoms with Crippen molar-refractivity contribution in [2.75, 3.05) is 23.8 Å². The first kappa shape index (κ1) is 12.5. The first-order valence-electron chi connectivity index (χ1n) is 4.98. The van der Waals surface area contributed by atoms with Crippen LogP contribution in [0.25, 0.3) is 0 Å². The third-order valence-corrected chi connectivity index (χ3v) is 2.89. The fourth-order valence-corrected chi connectivity index (χ4v) is 2.46. The Bertz CT molecular complexity index is 366. The van der Waals surface area contributed by atoms with Gasteiger partial charge in [0.15, 0.2) is 0 Å². The molecule has 1 aromatic rings. The molecule has 1 heterocycles. The topological polar surface area (TPSA) is 15.3 Å². The molecule has 0 radical (unpaired) electrons. The molecule has 1 aromatic carbocycles. The molecule has 15 heavy (non-hydrogen) atoms. The predicted molar refractivity (Wildman–Crippen MR) is 75.0 cm³/mol. The number of nitrogens with one attached hydrogen (secondary N) is 1. The van der Waals surface area contributed by atoms with Crippen molar-refractivity contribution in [2.45, 2.75) is 13.8 Å². The van der Waals surface area contributed by atoms with Crippen molar-refractivity contribution in [3.63, 3.8) is 0 Å². The molecule has 1 aliphatic rings. The number of hydrogen-bond donors (Lipinski definition) is 1. The van der Waals surface area contributed by atoms with Crippen molar-refractivity contribution in [3.8, 4) is 0 Å². The second-order valence-corrected chi connectivity index (χ2v) is 4.39. The zero-order chi connectivity index (χ0) is 11.4. The van der Waals surface area contributed by atoms with Gasteiger partial charge in [0.1, 0.15) is 0 Å². The summed E-state index contributed by atoms with van der Waals surface area (Å²) in [6.45, 7) is 4.78. The molecule has 1 N–H and O–H groups in total. The molecule has 0 spiro atoms. The van der Waals surface area contributed by atoms with Gasteiger partial charge in [0.05, 0.1) is 22.9 Å². The van der Waals surface area contributed by atoms with Crippen molar-refractivity contribution in [2.24, 2.45) is 0 Å². The van der Waals surface area contributed by atoms with Crippen LogP contribution in [0.4, 0.5) is 11.4 Å². The van der Waals surface area contributed by atoms with E-state index in [9.17, 15) is 0 Å². The fraction of sp³-hybridized carbons (Fsp3) is 0.364. The Labute approximate surface area is 105 Å². The number of benzene rings is 1. The van der Waals surface area contributed by atoms with Gasteiger partial charge in [-0.15, -0.1) is 0 Å². The minimum atomic E-state index is 0.783. The van der Waals surface area contributed by atoms with Gasteiger partial charge in [0.2, 0.25) is 0 Å². The lowest BCUT2D eigenvalue weighted by Gasteiger charge is -2.29. The normalized spacial score (nSPS) is 13.6. The van der Waals surface area contributed by atoms with E-state index in [0.29, 0.717) is 0 Å². The first-order valence-corrected chi connectivity index (χ1v) is 6.18. The zero-order valence-electron chi connectivity index (χ0n) is 9.17.